The number of hydrogen-bond donors (Lipinski definition) is 2. The van der Waals surface area contributed by atoms with Crippen molar-refractivity contribution in [3.8, 4) is 0 Å². The zero-order valence-electron chi connectivity index (χ0n) is 13.4. The fourth-order valence-electron chi connectivity index (χ4n) is 2.51. The van der Waals surface area contributed by atoms with Gasteiger partial charge in [-0.15, -0.1) is 0 Å². The van der Waals surface area contributed by atoms with Gasteiger partial charge in [-0.1, -0.05) is 12.2 Å². The molecular weight excluding hydrogens is 288 g/mol. The second-order valence-electron chi connectivity index (χ2n) is 5.71. The highest BCUT2D eigenvalue weighted by Gasteiger charge is 2.32. The number of carboxylic acid groups (broad SMARTS) is 1. The van der Waals surface area contributed by atoms with Crippen LogP contribution in [0.25, 0.3) is 0 Å². The van der Waals surface area contributed by atoms with E-state index in [1.54, 1.807) is 6.92 Å². The van der Waals surface area contributed by atoms with Crippen LogP contribution in [0.15, 0.2) is 12.2 Å². The summed E-state index contributed by atoms with van der Waals surface area (Å²) >= 11 is 0. The number of methoxy groups -OCH3 is 1. The molecule has 4 atom stereocenters. The fraction of sp³-hybridized carbons (Fsp3) is 0.812. The maximum atomic E-state index is 10.9. The molecule has 0 spiro atoms. The number of allylic oxidation sites excluding steroid dienone is 1. The van der Waals surface area contributed by atoms with Gasteiger partial charge in [-0.3, -0.25) is 4.79 Å². The van der Waals surface area contributed by atoms with Gasteiger partial charge in [0.1, 0.15) is 6.79 Å². The molecule has 0 radical (unpaired) electrons. The Morgan fingerprint density at radius 2 is 2.23 bits per heavy atom. The van der Waals surface area contributed by atoms with E-state index in [4.69, 9.17) is 19.3 Å². The van der Waals surface area contributed by atoms with Crippen LogP contribution >= 0.6 is 0 Å². The summed E-state index contributed by atoms with van der Waals surface area (Å²) in [6.45, 7) is 1.93. The first-order chi connectivity index (χ1) is 10.5. The van der Waals surface area contributed by atoms with Crippen molar-refractivity contribution in [2.75, 3.05) is 13.9 Å². The van der Waals surface area contributed by atoms with E-state index in [1.807, 2.05) is 12.2 Å². The first-order valence-corrected chi connectivity index (χ1v) is 7.85. The Morgan fingerprint density at radius 1 is 1.45 bits per heavy atom. The maximum Gasteiger partial charge on any atom is 0.306 e. The number of aliphatic hydroxyl groups excluding tert-OH is 1. The van der Waals surface area contributed by atoms with Gasteiger partial charge in [-0.2, -0.15) is 0 Å². The molecule has 22 heavy (non-hydrogen) atoms. The summed E-state index contributed by atoms with van der Waals surface area (Å²) in [6.07, 6.45) is 7.09. The third kappa shape index (κ3) is 7.89. The van der Waals surface area contributed by atoms with E-state index in [-0.39, 0.29) is 31.5 Å². The standard InChI is InChI=1S/C16H28O6/c1-12(17)6-4-3-5-7-13-8-9-14(21-11-20-2)15(22-13)10-16(18)19/h5,7,12-15,17H,3-4,6,8-11H2,1-2H3,(H,18,19)/b7-5+/t12-,13-,14-,15-/m0/s1. The molecule has 0 aromatic rings. The summed E-state index contributed by atoms with van der Waals surface area (Å²) in [6, 6.07) is 0. The van der Waals surface area contributed by atoms with Gasteiger partial charge in [0.25, 0.3) is 0 Å². The van der Waals surface area contributed by atoms with Gasteiger partial charge in [-0.25, -0.2) is 0 Å². The first-order valence-electron chi connectivity index (χ1n) is 7.85. The first kappa shape index (κ1) is 19.1. The fourth-order valence-corrected chi connectivity index (χ4v) is 2.51. The zero-order chi connectivity index (χ0) is 16.4. The molecule has 1 fully saturated rings. The lowest BCUT2D eigenvalue weighted by atomic mass is 9.98. The molecule has 1 aliphatic heterocycles. The summed E-state index contributed by atoms with van der Waals surface area (Å²) in [5, 5.41) is 18.2. The second kappa shape index (κ2) is 10.7. The molecular formula is C16H28O6. The van der Waals surface area contributed by atoms with Gasteiger partial charge in [0.05, 0.1) is 30.8 Å². The van der Waals surface area contributed by atoms with Crippen LogP contribution in [0.2, 0.25) is 0 Å². The molecule has 0 aromatic heterocycles. The van der Waals surface area contributed by atoms with E-state index < -0.39 is 12.1 Å². The molecule has 0 unspecified atom stereocenters. The molecule has 0 saturated carbocycles. The Labute approximate surface area is 132 Å². The Kier molecular flexibility index (Phi) is 9.31. The summed E-state index contributed by atoms with van der Waals surface area (Å²) in [7, 11) is 1.54. The molecule has 0 amide bonds. The van der Waals surface area contributed by atoms with Crippen LogP contribution in [0.4, 0.5) is 0 Å². The molecule has 1 saturated heterocycles. The molecule has 1 rings (SSSR count). The predicted octanol–water partition coefficient (Wildman–Crippen LogP) is 2.11. The van der Waals surface area contributed by atoms with Crippen LogP contribution in [0.1, 0.15) is 45.4 Å². The second-order valence-corrected chi connectivity index (χ2v) is 5.71. The van der Waals surface area contributed by atoms with Crippen molar-refractivity contribution in [3.63, 3.8) is 0 Å². The van der Waals surface area contributed by atoms with Crippen molar-refractivity contribution in [3.05, 3.63) is 12.2 Å². The van der Waals surface area contributed by atoms with Gasteiger partial charge >= 0.3 is 5.97 Å². The normalized spacial score (nSPS) is 27.1. The highest BCUT2D eigenvalue weighted by molar-refractivity contribution is 5.67. The molecule has 0 bridgehead atoms. The van der Waals surface area contributed by atoms with Crippen LogP contribution in [-0.4, -0.2) is 54.5 Å². The molecule has 0 aliphatic carbocycles. The van der Waals surface area contributed by atoms with Crippen molar-refractivity contribution >= 4 is 5.97 Å². The summed E-state index contributed by atoms with van der Waals surface area (Å²) in [5.41, 5.74) is 0. The monoisotopic (exact) mass is 316 g/mol. The summed E-state index contributed by atoms with van der Waals surface area (Å²) < 4.78 is 16.2. The average Bonchev–Trinajstić information content (AvgIpc) is 2.45. The zero-order valence-corrected chi connectivity index (χ0v) is 13.4. The van der Waals surface area contributed by atoms with Crippen molar-refractivity contribution < 1.29 is 29.2 Å². The summed E-state index contributed by atoms with van der Waals surface area (Å²) in [4.78, 5) is 10.9. The minimum Gasteiger partial charge on any atom is -0.481 e. The van der Waals surface area contributed by atoms with Crippen LogP contribution in [-0.2, 0) is 19.0 Å². The van der Waals surface area contributed by atoms with Gasteiger partial charge in [0.2, 0.25) is 0 Å². The minimum atomic E-state index is -0.891. The van der Waals surface area contributed by atoms with E-state index in [0.29, 0.717) is 0 Å². The SMILES string of the molecule is COCO[C@H]1CC[C@H](/C=C/CCC[C@H](C)O)O[C@H]1CC(=O)O. The Balaban J connectivity index is 2.41. The average molecular weight is 316 g/mol. The number of carboxylic acids is 1. The van der Waals surface area contributed by atoms with Crippen LogP contribution < -0.4 is 0 Å². The van der Waals surface area contributed by atoms with Crippen molar-refractivity contribution in [2.24, 2.45) is 0 Å². The molecule has 2 N–H and O–H groups in total. The van der Waals surface area contributed by atoms with Crippen LogP contribution in [0.3, 0.4) is 0 Å². The molecule has 0 aromatic carbocycles. The molecule has 6 nitrogen and oxygen atoms in total. The summed E-state index contributed by atoms with van der Waals surface area (Å²) in [5.74, 6) is -0.891. The van der Waals surface area contributed by atoms with E-state index in [2.05, 4.69) is 0 Å². The largest absolute Gasteiger partial charge is 0.481 e. The quantitative estimate of drug-likeness (QED) is 0.365. The number of ether oxygens (including phenoxy) is 3. The molecule has 1 aliphatic rings. The van der Waals surface area contributed by atoms with Crippen molar-refractivity contribution in [2.45, 2.75) is 69.9 Å². The van der Waals surface area contributed by atoms with E-state index in [9.17, 15) is 9.90 Å². The highest BCUT2D eigenvalue weighted by Crippen LogP contribution is 2.25. The highest BCUT2D eigenvalue weighted by atomic mass is 16.7. The number of unbranched alkanes of at least 4 members (excludes halogenated alkanes) is 1. The third-order valence-corrected chi connectivity index (χ3v) is 3.62. The molecule has 128 valence electrons. The Bertz CT molecular complexity index is 342. The Hall–Kier alpha value is -0.950. The molecule has 1 heterocycles. The lowest BCUT2D eigenvalue weighted by Gasteiger charge is -2.34. The smallest absolute Gasteiger partial charge is 0.306 e. The van der Waals surface area contributed by atoms with Crippen molar-refractivity contribution in [1.82, 2.24) is 0 Å². The van der Waals surface area contributed by atoms with Gasteiger partial charge in [0, 0.05) is 7.11 Å². The maximum absolute atomic E-state index is 10.9. The third-order valence-electron chi connectivity index (χ3n) is 3.62. The topological polar surface area (TPSA) is 85.2 Å². The van der Waals surface area contributed by atoms with Gasteiger partial charge in [-0.05, 0) is 39.0 Å². The number of rotatable bonds is 10. The number of carbonyl (C=O) groups is 1. The molecule has 6 heteroatoms. The Morgan fingerprint density at radius 3 is 2.86 bits per heavy atom. The van der Waals surface area contributed by atoms with Crippen molar-refractivity contribution in [1.29, 1.82) is 0 Å². The van der Waals surface area contributed by atoms with Gasteiger partial charge in [0.15, 0.2) is 0 Å². The van der Waals surface area contributed by atoms with Gasteiger partial charge < -0.3 is 24.4 Å². The predicted molar refractivity (Wildman–Crippen MR) is 81.6 cm³/mol. The lowest BCUT2D eigenvalue weighted by Crippen LogP contribution is -2.41. The van der Waals surface area contributed by atoms with E-state index >= 15 is 0 Å². The lowest BCUT2D eigenvalue weighted by molar-refractivity contribution is -0.173. The number of hydrogen-bond acceptors (Lipinski definition) is 5. The number of aliphatic carboxylic acids is 1. The van der Waals surface area contributed by atoms with Crippen LogP contribution in [0, 0.1) is 0 Å². The van der Waals surface area contributed by atoms with E-state index in [1.165, 1.54) is 7.11 Å². The number of aliphatic hydroxyl groups is 1. The minimum absolute atomic E-state index is 0.0687. The van der Waals surface area contributed by atoms with Crippen LogP contribution in [0.5, 0.6) is 0 Å². The van der Waals surface area contributed by atoms with E-state index in [0.717, 1.165) is 32.1 Å².